The van der Waals surface area contributed by atoms with E-state index in [-0.39, 0.29) is 5.69 Å². The molecule has 1 heterocycles. The van der Waals surface area contributed by atoms with Crippen LogP contribution in [0, 0.1) is 10.1 Å². The third kappa shape index (κ3) is 3.28. The fourth-order valence-electron chi connectivity index (χ4n) is 3.94. The summed E-state index contributed by atoms with van der Waals surface area (Å²) in [4.78, 5) is 15.8. The van der Waals surface area contributed by atoms with Crippen molar-refractivity contribution >= 4 is 17.2 Å². The summed E-state index contributed by atoms with van der Waals surface area (Å²) in [5.74, 6) is 0.511. The van der Waals surface area contributed by atoms with Gasteiger partial charge in [0.1, 0.15) is 0 Å². The lowest BCUT2D eigenvalue weighted by Crippen LogP contribution is -2.45. The van der Waals surface area contributed by atoms with Crippen LogP contribution in [-0.4, -0.2) is 10.8 Å². The summed E-state index contributed by atoms with van der Waals surface area (Å²) in [6, 6.07) is 36.3. The van der Waals surface area contributed by atoms with E-state index in [0.29, 0.717) is 11.4 Å². The molecule has 0 fully saturated rings. The fraction of sp³-hybridized carbons (Fsp3) is 0.0385. The minimum atomic E-state index is -0.916. The third-order valence-electron chi connectivity index (χ3n) is 5.46. The molecule has 0 amide bonds. The molecule has 0 unspecified atom stereocenters. The molecule has 0 spiro atoms. The van der Waals surface area contributed by atoms with Gasteiger partial charge in [-0.25, -0.2) is 10.0 Å². The lowest BCUT2D eigenvalue weighted by atomic mass is 9.90. The predicted molar refractivity (Wildman–Crippen MR) is 124 cm³/mol. The van der Waals surface area contributed by atoms with Crippen molar-refractivity contribution in [2.75, 3.05) is 5.01 Å². The molecular formula is C26H19N4O2. The minimum absolute atomic E-state index is 0.0321. The Labute approximate surface area is 185 Å². The van der Waals surface area contributed by atoms with E-state index in [2.05, 4.69) is 0 Å². The van der Waals surface area contributed by atoms with Gasteiger partial charge in [0.15, 0.2) is 5.84 Å². The van der Waals surface area contributed by atoms with Crippen LogP contribution in [0.15, 0.2) is 120 Å². The molecule has 1 aliphatic rings. The smallest absolute Gasteiger partial charge is 0.258 e. The molecular weight excluding hydrogens is 400 g/mol. The van der Waals surface area contributed by atoms with Crippen LogP contribution in [0.5, 0.6) is 0 Å². The molecule has 1 radical (unpaired) electrons. The Kier molecular flexibility index (Phi) is 4.88. The van der Waals surface area contributed by atoms with Gasteiger partial charge in [-0.2, -0.15) is 0 Å². The van der Waals surface area contributed by atoms with Crippen molar-refractivity contribution in [3.63, 3.8) is 0 Å². The number of nitrogens with zero attached hydrogens (tertiary/aromatic N) is 4. The summed E-state index contributed by atoms with van der Waals surface area (Å²) >= 11 is 0. The number of nitro groups is 1. The number of hydrogen-bond donors (Lipinski definition) is 0. The zero-order valence-corrected chi connectivity index (χ0v) is 17.1. The summed E-state index contributed by atoms with van der Waals surface area (Å²) in [5, 5.41) is 13.0. The van der Waals surface area contributed by atoms with Gasteiger partial charge in [-0.15, -0.1) is 5.43 Å². The van der Waals surface area contributed by atoms with Crippen LogP contribution in [0.2, 0.25) is 0 Å². The first-order chi connectivity index (χ1) is 15.7. The molecule has 4 aromatic rings. The number of benzene rings is 4. The second-order valence-electron chi connectivity index (χ2n) is 7.39. The normalized spacial score (nSPS) is 14.5. The van der Waals surface area contributed by atoms with E-state index in [1.165, 1.54) is 12.1 Å². The van der Waals surface area contributed by atoms with E-state index in [4.69, 9.17) is 10.4 Å². The van der Waals surface area contributed by atoms with E-state index < -0.39 is 10.6 Å². The molecule has 4 aromatic carbocycles. The molecule has 155 valence electrons. The Hall–Kier alpha value is -4.45. The summed E-state index contributed by atoms with van der Waals surface area (Å²) in [5.41, 5.74) is 7.58. The molecule has 0 saturated carbocycles. The Morgan fingerprint density at radius 2 is 1.19 bits per heavy atom. The maximum Gasteiger partial charge on any atom is 0.269 e. The molecule has 6 nitrogen and oxygen atoms in total. The number of nitro benzene ring substituents is 1. The SMILES string of the molecule is O=[N+]([O-])c1ccc(C2=NC(c3ccccc3)(c3ccccc3)N(c3ccccc3)[N]2)cc1. The fourth-order valence-corrected chi connectivity index (χ4v) is 3.94. The van der Waals surface area contributed by atoms with Gasteiger partial charge in [0, 0.05) is 28.8 Å². The van der Waals surface area contributed by atoms with E-state index >= 15 is 0 Å². The van der Waals surface area contributed by atoms with Crippen molar-refractivity contribution in [2.45, 2.75) is 5.66 Å². The van der Waals surface area contributed by atoms with Gasteiger partial charge in [-0.05, 0) is 24.3 Å². The van der Waals surface area contributed by atoms with Crippen molar-refractivity contribution in [1.29, 1.82) is 0 Å². The molecule has 5 rings (SSSR count). The van der Waals surface area contributed by atoms with Crippen LogP contribution in [0.1, 0.15) is 16.7 Å². The number of anilines is 1. The minimum Gasteiger partial charge on any atom is -0.258 e. The molecule has 0 aliphatic carbocycles. The summed E-state index contributed by atoms with van der Waals surface area (Å²) in [6.07, 6.45) is 0. The molecule has 0 N–H and O–H groups in total. The molecule has 6 heteroatoms. The van der Waals surface area contributed by atoms with Crippen LogP contribution in [-0.2, 0) is 5.66 Å². The van der Waals surface area contributed by atoms with Gasteiger partial charge in [0.2, 0.25) is 5.66 Å². The van der Waals surface area contributed by atoms with Gasteiger partial charge in [0.25, 0.3) is 5.69 Å². The Balaban J connectivity index is 1.74. The summed E-state index contributed by atoms with van der Waals surface area (Å²) in [6.45, 7) is 0. The average molecular weight is 419 g/mol. The lowest BCUT2D eigenvalue weighted by Gasteiger charge is -2.36. The summed E-state index contributed by atoms with van der Waals surface area (Å²) in [7, 11) is 0. The Bertz CT molecular complexity index is 1220. The van der Waals surface area contributed by atoms with Crippen LogP contribution in [0.25, 0.3) is 0 Å². The number of aliphatic imine (C=N–C) groups is 1. The number of amidine groups is 1. The van der Waals surface area contributed by atoms with Crippen molar-refractivity contribution in [3.05, 3.63) is 142 Å². The predicted octanol–water partition coefficient (Wildman–Crippen LogP) is 5.28. The van der Waals surface area contributed by atoms with Crippen molar-refractivity contribution in [1.82, 2.24) is 5.43 Å². The second-order valence-corrected chi connectivity index (χ2v) is 7.39. The van der Waals surface area contributed by atoms with E-state index in [0.717, 1.165) is 16.8 Å². The summed E-state index contributed by atoms with van der Waals surface area (Å²) < 4.78 is 0. The number of hydrogen-bond acceptors (Lipinski definition) is 4. The topological polar surface area (TPSA) is 72.8 Å². The number of para-hydroxylation sites is 1. The maximum atomic E-state index is 11.1. The van der Waals surface area contributed by atoms with Crippen molar-refractivity contribution < 1.29 is 4.92 Å². The van der Waals surface area contributed by atoms with Crippen LogP contribution in [0.3, 0.4) is 0 Å². The zero-order chi connectivity index (χ0) is 22.0. The third-order valence-corrected chi connectivity index (χ3v) is 5.46. The zero-order valence-electron chi connectivity index (χ0n) is 17.1. The molecule has 0 aromatic heterocycles. The first-order valence-electron chi connectivity index (χ1n) is 10.2. The van der Waals surface area contributed by atoms with Crippen LogP contribution < -0.4 is 10.4 Å². The average Bonchev–Trinajstić information content (AvgIpc) is 3.28. The standard InChI is InChI=1S/C26H19N4O2/c31-30(32)24-18-16-20(17-19-24)25-27-26(21-10-4-1-5-11-21,22-12-6-2-7-13-22)29(28-25)23-14-8-3-9-15-23/h1-19H. The Morgan fingerprint density at radius 3 is 1.69 bits per heavy atom. The van der Waals surface area contributed by atoms with Gasteiger partial charge >= 0.3 is 0 Å². The number of rotatable bonds is 5. The monoisotopic (exact) mass is 419 g/mol. The van der Waals surface area contributed by atoms with Crippen molar-refractivity contribution in [3.8, 4) is 0 Å². The first-order valence-corrected chi connectivity index (χ1v) is 10.2. The largest absolute Gasteiger partial charge is 0.269 e. The molecule has 0 atom stereocenters. The highest BCUT2D eigenvalue weighted by Crippen LogP contribution is 2.43. The highest BCUT2D eigenvalue weighted by molar-refractivity contribution is 6.02. The van der Waals surface area contributed by atoms with E-state index in [1.54, 1.807) is 12.1 Å². The van der Waals surface area contributed by atoms with Crippen LogP contribution in [0.4, 0.5) is 11.4 Å². The molecule has 32 heavy (non-hydrogen) atoms. The van der Waals surface area contributed by atoms with Gasteiger partial charge < -0.3 is 0 Å². The van der Waals surface area contributed by atoms with E-state index in [9.17, 15) is 10.1 Å². The van der Waals surface area contributed by atoms with Gasteiger partial charge in [-0.3, -0.25) is 10.1 Å². The number of non-ortho nitro benzene ring substituents is 1. The molecule has 0 bridgehead atoms. The van der Waals surface area contributed by atoms with Gasteiger partial charge in [0.05, 0.1) is 10.6 Å². The molecule has 1 aliphatic heterocycles. The highest BCUT2D eigenvalue weighted by atomic mass is 16.6. The van der Waals surface area contributed by atoms with E-state index in [1.807, 2.05) is 96.0 Å². The quantitative estimate of drug-likeness (QED) is 0.326. The maximum absolute atomic E-state index is 11.1. The van der Waals surface area contributed by atoms with Gasteiger partial charge in [-0.1, -0.05) is 78.9 Å². The first kappa shape index (κ1) is 19.5. The molecule has 0 saturated heterocycles. The highest BCUT2D eigenvalue weighted by Gasteiger charge is 2.47. The second kappa shape index (κ2) is 8.00. The Morgan fingerprint density at radius 1 is 0.688 bits per heavy atom. The lowest BCUT2D eigenvalue weighted by molar-refractivity contribution is -0.384. The van der Waals surface area contributed by atoms with Crippen molar-refractivity contribution in [2.24, 2.45) is 4.99 Å². The van der Waals surface area contributed by atoms with Crippen LogP contribution >= 0.6 is 0 Å².